The lowest BCUT2D eigenvalue weighted by atomic mass is 9.96. The summed E-state index contributed by atoms with van der Waals surface area (Å²) in [5.74, 6) is 0.340. The Kier molecular flexibility index (Phi) is 3.90. The number of benzene rings is 1. The van der Waals surface area contributed by atoms with E-state index in [1.807, 2.05) is 6.07 Å². The highest BCUT2D eigenvalue weighted by atomic mass is 19.1. The van der Waals surface area contributed by atoms with Gasteiger partial charge in [-0.2, -0.15) is 0 Å². The number of halogens is 1. The first-order valence-corrected chi connectivity index (χ1v) is 7.17. The molecule has 104 valence electrons. The predicted octanol–water partition coefficient (Wildman–Crippen LogP) is 4.03. The lowest BCUT2D eigenvalue weighted by Gasteiger charge is -2.22. The first-order chi connectivity index (χ1) is 9.83. The molecule has 0 bridgehead atoms. The Morgan fingerprint density at radius 2 is 1.85 bits per heavy atom. The molecule has 3 rings (SSSR count). The largest absolute Gasteiger partial charge is 0.351 e. The van der Waals surface area contributed by atoms with Crippen molar-refractivity contribution in [2.75, 3.05) is 5.32 Å². The fourth-order valence-corrected chi connectivity index (χ4v) is 2.68. The maximum absolute atomic E-state index is 13.8. The zero-order valence-corrected chi connectivity index (χ0v) is 11.3. The second-order valence-corrected chi connectivity index (χ2v) is 5.22. The van der Waals surface area contributed by atoms with Crippen LogP contribution in [0.5, 0.6) is 0 Å². The number of aromatic nitrogens is 2. The van der Waals surface area contributed by atoms with Crippen LogP contribution in [0.4, 0.5) is 10.3 Å². The molecule has 3 nitrogen and oxygen atoms in total. The minimum Gasteiger partial charge on any atom is -0.351 e. The molecule has 1 aromatic heterocycles. The van der Waals surface area contributed by atoms with Gasteiger partial charge in [0.25, 0.3) is 0 Å². The average Bonchev–Trinajstić information content (AvgIpc) is 2.49. The number of nitrogens with zero attached hydrogens (tertiary/aromatic N) is 2. The first-order valence-electron chi connectivity index (χ1n) is 7.17. The van der Waals surface area contributed by atoms with Crippen LogP contribution in [0.3, 0.4) is 0 Å². The molecule has 1 heterocycles. The first kappa shape index (κ1) is 13.0. The normalized spacial score (nSPS) is 16.1. The minimum atomic E-state index is -0.255. The van der Waals surface area contributed by atoms with Gasteiger partial charge in [0.1, 0.15) is 5.82 Å². The highest BCUT2D eigenvalue weighted by Crippen LogP contribution is 2.23. The van der Waals surface area contributed by atoms with Gasteiger partial charge in [-0.05, 0) is 31.0 Å². The molecule has 4 heteroatoms. The Hall–Kier alpha value is -1.97. The van der Waals surface area contributed by atoms with Gasteiger partial charge in [0.15, 0.2) is 0 Å². The smallest absolute Gasteiger partial charge is 0.223 e. The van der Waals surface area contributed by atoms with E-state index >= 15 is 0 Å². The van der Waals surface area contributed by atoms with Crippen LogP contribution < -0.4 is 5.32 Å². The van der Waals surface area contributed by atoms with Gasteiger partial charge in [-0.1, -0.05) is 31.4 Å². The molecule has 1 saturated carbocycles. The van der Waals surface area contributed by atoms with E-state index in [9.17, 15) is 4.39 Å². The van der Waals surface area contributed by atoms with E-state index in [0.29, 0.717) is 23.2 Å². The van der Waals surface area contributed by atoms with Crippen molar-refractivity contribution >= 4 is 5.95 Å². The fourth-order valence-electron chi connectivity index (χ4n) is 2.68. The molecule has 0 aliphatic heterocycles. The predicted molar refractivity (Wildman–Crippen MR) is 77.9 cm³/mol. The van der Waals surface area contributed by atoms with Crippen molar-refractivity contribution in [3.05, 3.63) is 42.3 Å². The van der Waals surface area contributed by atoms with Gasteiger partial charge in [0, 0.05) is 17.8 Å². The standard InChI is InChI=1S/C16H18FN3/c17-14-9-5-4-8-13(14)15-10-11-18-16(20-15)19-12-6-2-1-3-7-12/h4-5,8-12H,1-3,6-7H2,(H,18,19,20). The molecular formula is C16H18FN3. The van der Waals surface area contributed by atoms with E-state index in [2.05, 4.69) is 15.3 Å². The molecule has 0 saturated heterocycles. The van der Waals surface area contributed by atoms with Gasteiger partial charge in [0.05, 0.1) is 5.69 Å². The molecule has 1 fully saturated rings. The van der Waals surface area contributed by atoms with Crippen LogP contribution in [0.1, 0.15) is 32.1 Å². The van der Waals surface area contributed by atoms with Crippen molar-refractivity contribution in [3.8, 4) is 11.3 Å². The zero-order chi connectivity index (χ0) is 13.8. The van der Waals surface area contributed by atoms with Crippen LogP contribution >= 0.6 is 0 Å². The summed E-state index contributed by atoms with van der Waals surface area (Å²) < 4.78 is 13.8. The molecule has 0 amide bonds. The highest BCUT2D eigenvalue weighted by Gasteiger charge is 2.14. The summed E-state index contributed by atoms with van der Waals surface area (Å²) in [6.07, 6.45) is 7.82. The molecule has 0 spiro atoms. The molecule has 1 N–H and O–H groups in total. The summed E-state index contributed by atoms with van der Waals surface area (Å²) in [6.45, 7) is 0. The van der Waals surface area contributed by atoms with E-state index in [4.69, 9.17) is 0 Å². The average molecular weight is 271 g/mol. The van der Waals surface area contributed by atoms with Gasteiger partial charge in [-0.3, -0.25) is 0 Å². The summed E-state index contributed by atoms with van der Waals surface area (Å²) in [5.41, 5.74) is 1.14. The van der Waals surface area contributed by atoms with Crippen LogP contribution in [0.2, 0.25) is 0 Å². The minimum absolute atomic E-state index is 0.255. The molecular weight excluding hydrogens is 253 g/mol. The van der Waals surface area contributed by atoms with Crippen molar-refractivity contribution in [3.63, 3.8) is 0 Å². The lowest BCUT2D eigenvalue weighted by Crippen LogP contribution is -2.23. The molecule has 0 radical (unpaired) electrons. The third-order valence-electron chi connectivity index (χ3n) is 3.74. The van der Waals surface area contributed by atoms with Crippen molar-refractivity contribution in [2.45, 2.75) is 38.1 Å². The Morgan fingerprint density at radius 3 is 2.65 bits per heavy atom. The monoisotopic (exact) mass is 271 g/mol. The third kappa shape index (κ3) is 2.95. The topological polar surface area (TPSA) is 37.8 Å². The van der Waals surface area contributed by atoms with Crippen molar-refractivity contribution in [2.24, 2.45) is 0 Å². The second-order valence-electron chi connectivity index (χ2n) is 5.22. The number of nitrogens with one attached hydrogen (secondary N) is 1. The lowest BCUT2D eigenvalue weighted by molar-refractivity contribution is 0.461. The van der Waals surface area contributed by atoms with E-state index in [-0.39, 0.29) is 5.82 Å². The number of anilines is 1. The summed E-state index contributed by atoms with van der Waals surface area (Å²) in [4.78, 5) is 8.68. The summed E-state index contributed by atoms with van der Waals surface area (Å²) in [7, 11) is 0. The summed E-state index contributed by atoms with van der Waals surface area (Å²) in [6, 6.07) is 8.87. The molecule has 1 aliphatic rings. The van der Waals surface area contributed by atoms with Gasteiger partial charge in [-0.25, -0.2) is 14.4 Å². The van der Waals surface area contributed by atoms with E-state index in [1.54, 1.807) is 24.4 Å². The number of hydrogen-bond acceptors (Lipinski definition) is 3. The zero-order valence-electron chi connectivity index (χ0n) is 11.3. The summed E-state index contributed by atoms with van der Waals surface area (Å²) >= 11 is 0. The van der Waals surface area contributed by atoms with E-state index in [0.717, 1.165) is 12.8 Å². The summed E-state index contributed by atoms with van der Waals surface area (Å²) in [5, 5.41) is 3.37. The van der Waals surface area contributed by atoms with Crippen LogP contribution in [0.15, 0.2) is 36.5 Å². The van der Waals surface area contributed by atoms with Crippen LogP contribution in [-0.2, 0) is 0 Å². The van der Waals surface area contributed by atoms with Gasteiger partial charge < -0.3 is 5.32 Å². The highest BCUT2D eigenvalue weighted by molar-refractivity contribution is 5.60. The van der Waals surface area contributed by atoms with Crippen molar-refractivity contribution in [1.82, 2.24) is 9.97 Å². The quantitative estimate of drug-likeness (QED) is 0.916. The van der Waals surface area contributed by atoms with E-state index < -0.39 is 0 Å². The molecule has 1 aromatic carbocycles. The Balaban J connectivity index is 1.80. The Morgan fingerprint density at radius 1 is 1.05 bits per heavy atom. The van der Waals surface area contributed by atoms with Crippen molar-refractivity contribution < 1.29 is 4.39 Å². The number of hydrogen-bond donors (Lipinski definition) is 1. The van der Waals surface area contributed by atoms with E-state index in [1.165, 1.54) is 25.3 Å². The molecule has 2 aromatic rings. The second kappa shape index (κ2) is 5.99. The third-order valence-corrected chi connectivity index (χ3v) is 3.74. The van der Waals surface area contributed by atoms with Crippen LogP contribution in [0, 0.1) is 5.82 Å². The maximum Gasteiger partial charge on any atom is 0.223 e. The number of rotatable bonds is 3. The van der Waals surface area contributed by atoms with Gasteiger partial charge in [-0.15, -0.1) is 0 Å². The van der Waals surface area contributed by atoms with Crippen molar-refractivity contribution in [1.29, 1.82) is 0 Å². The van der Waals surface area contributed by atoms with Gasteiger partial charge >= 0.3 is 0 Å². The molecule has 0 unspecified atom stereocenters. The fraction of sp³-hybridized carbons (Fsp3) is 0.375. The molecule has 0 atom stereocenters. The van der Waals surface area contributed by atoms with Gasteiger partial charge in [0.2, 0.25) is 5.95 Å². The SMILES string of the molecule is Fc1ccccc1-c1ccnc(NC2CCCCC2)n1. The van der Waals surface area contributed by atoms with Crippen LogP contribution in [0.25, 0.3) is 11.3 Å². The Bertz CT molecular complexity index is 579. The molecule has 20 heavy (non-hydrogen) atoms. The maximum atomic E-state index is 13.8. The van der Waals surface area contributed by atoms with Crippen LogP contribution in [-0.4, -0.2) is 16.0 Å². The Labute approximate surface area is 118 Å². The molecule has 1 aliphatic carbocycles.